The maximum Gasteiger partial charge on any atom is 0.404 e. The number of carbonyl (C=O) groups is 3. The van der Waals surface area contributed by atoms with Gasteiger partial charge < -0.3 is 20.2 Å². The number of hydrogen-bond acceptors (Lipinski definition) is 3. The van der Waals surface area contributed by atoms with Crippen LogP contribution < -0.4 is 10.2 Å². The van der Waals surface area contributed by atoms with Crippen LogP contribution in [0.25, 0.3) is 0 Å². The Morgan fingerprint density at radius 2 is 1.58 bits per heavy atom. The average molecular weight is 654 g/mol. The highest BCUT2D eigenvalue weighted by molar-refractivity contribution is 9.11. The van der Waals surface area contributed by atoms with Crippen molar-refractivity contribution in [3.05, 3.63) is 62.8 Å². The molecule has 2 aromatic rings. The van der Waals surface area contributed by atoms with Crippen LogP contribution in [0.4, 0.5) is 19.7 Å². The molecule has 0 spiro atoms. The van der Waals surface area contributed by atoms with Gasteiger partial charge in [-0.05, 0) is 61.6 Å². The van der Waals surface area contributed by atoms with Gasteiger partial charge in [0.25, 0.3) is 0 Å². The minimum absolute atomic E-state index is 0.0264. The zero-order valence-electron chi connectivity index (χ0n) is 21.2. The Morgan fingerprint density at radius 3 is 2.16 bits per heavy atom. The Labute approximate surface area is 238 Å². The first-order valence-electron chi connectivity index (χ1n) is 12.5. The number of likely N-dealkylation sites (N-methyl/N-ethyl adjacent to an activating group) is 1. The minimum atomic E-state index is -1.04. The Hall–Kier alpha value is -2.66. The van der Waals surface area contributed by atoms with E-state index in [1.807, 2.05) is 23.1 Å². The molecule has 2 aliphatic rings. The van der Waals surface area contributed by atoms with Crippen molar-refractivity contribution in [1.82, 2.24) is 15.1 Å². The van der Waals surface area contributed by atoms with Gasteiger partial charge in [0.1, 0.15) is 5.82 Å². The minimum Gasteiger partial charge on any atom is -0.465 e. The molecular weight excluding hydrogens is 623 g/mol. The summed E-state index contributed by atoms with van der Waals surface area (Å²) in [5, 5.41) is 11.5. The van der Waals surface area contributed by atoms with Crippen molar-refractivity contribution in [3.8, 4) is 0 Å². The lowest BCUT2D eigenvalue weighted by Crippen LogP contribution is -2.48. The molecule has 2 aromatic carbocycles. The molecule has 4 rings (SSSR count). The zero-order chi connectivity index (χ0) is 27.6. The first-order chi connectivity index (χ1) is 18.0. The zero-order valence-corrected chi connectivity index (χ0v) is 24.4. The van der Waals surface area contributed by atoms with E-state index in [1.165, 1.54) is 12.1 Å². The van der Waals surface area contributed by atoms with E-state index in [2.05, 4.69) is 37.2 Å². The number of likely N-dealkylation sites (tertiary alicyclic amines) is 1. The van der Waals surface area contributed by atoms with Gasteiger partial charge in [0, 0.05) is 59.7 Å². The van der Waals surface area contributed by atoms with Gasteiger partial charge in [-0.2, -0.15) is 0 Å². The number of urea groups is 1. The maximum atomic E-state index is 13.7. The van der Waals surface area contributed by atoms with Gasteiger partial charge in [0.05, 0.1) is 6.04 Å². The van der Waals surface area contributed by atoms with Crippen molar-refractivity contribution in [1.29, 1.82) is 0 Å². The number of benzene rings is 2. The van der Waals surface area contributed by atoms with Crippen LogP contribution in [-0.2, 0) is 4.79 Å². The number of carboxylic acid groups (broad SMARTS) is 1. The van der Waals surface area contributed by atoms with E-state index in [0.717, 1.165) is 14.5 Å². The van der Waals surface area contributed by atoms with E-state index in [9.17, 15) is 18.8 Å². The summed E-state index contributed by atoms with van der Waals surface area (Å²) in [6.07, 6.45) is 1.42. The molecule has 2 fully saturated rings. The molecule has 38 heavy (non-hydrogen) atoms. The third-order valence-electron chi connectivity index (χ3n) is 7.62. The van der Waals surface area contributed by atoms with Crippen LogP contribution in [0.3, 0.4) is 0 Å². The van der Waals surface area contributed by atoms with Crippen LogP contribution >= 0.6 is 31.9 Å². The summed E-state index contributed by atoms with van der Waals surface area (Å²) in [7, 11) is 3.45. The lowest BCUT2D eigenvalue weighted by atomic mass is 9.85. The number of hydrogen-bond donors (Lipinski definition) is 2. The number of carbonyl (C=O) groups excluding carboxylic acids is 2. The summed E-state index contributed by atoms with van der Waals surface area (Å²) in [4.78, 5) is 43.1. The molecule has 1 saturated heterocycles. The summed E-state index contributed by atoms with van der Waals surface area (Å²) in [5.41, 5.74) is 1.58. The van der Waals surface area contributed by atoms with E-state index >= 15 is 0 Å². The van der Waals surface area contributed by atoms with Crippen molar-refractivity contribution in [2.45, 2.75) is 43.7 Å². The monoisotopic (exact) mass is 652 g/mol. The molecule has 0 radical (unpaired) electrons. The standard InChI is InChI=1S/C27H31Br2FN4O4/c1-32(22-12-18(28)11-19(29)13-22)27(38)33(2)24-15-34(14-23(24)16-3-7-20(30)8-4-16)25(35)17-5-9-21(10-6-17)31-26(36)37/h3-4,7-8,11-13,17,21,23-24,31H,5-6,9-10,14-15H2,1-2H3,(H,36,37)/t17?,21?,23-,24+/m0/s1. The fourth-order valence-electron chi connectivity index (χ4n) is 5.54. The molecule has 1 saturated carbocycles. The van der Waals surface area contributed by atoms with Crippen LogP contribution in [0, 0.1) is 11.7 Å². The molecule has 204 valence electrons. The summed E-state index contributed by atoms with van der Waals surface area (Å²) in [5.74, 6) is -0.677. The third-order valence-corrected chi connectivity index (χ3v) is 8.54. The Morgan fingerprint density at radius 1 is 0.974 bits per heavy atom. The molecule has 1 aliphatic heterocycles. The van der Waals surface area contributed by atoms with Crippen LogP contribution in [0.5, 0.6) is 0 Å². The summed E-state index contributed by atoms with van der Waals surface area (Å²) in [6.45, 7) is 0.790. The highest BCUT2D eigenvalue weighted by atomic mass is 79.9. The number of amides is 4. The molecule has 2 N–H and O–H groups in total. The first kappa shape index (κ1) is 28.4. The molecular formula is C27H31Br2FN4O4. The van der Waals surface area contributed by atoms with E-state index < -0.39 is 6.09 Å². The predicted molar refractivity (Wildman–Crippen MR) is 150 cm³/mol. The molecule has 11 heteroatoms. The van der Waals surface area contributed by atoms with Crippen molar-refractivity contribution in [2.75, 3.05) is 32.1 Å². The van der Waals surface area contributed by atoms with Gasteiger partial charge >= 0.3 is 12.1 Å². The molecule has 1 aliphatic carbocycles. The van der Waals surface area contributed by atoms with Crippen LogP contribution in [0.1, 0.15) is 37.2 Å². The van der Waals surface area contributed by atoms with E-state index in [1.54, 1.807) is 36.0 Å². The lowest BCUT2D eigenvalue weighted by molar-refractivity contribution is -0.135. The maximum absolute atomic E-state index is 13.7. The van der Waals surface area contributed by atoms with E-state index in [4.69, 9.17) is 5.11 Å². The molecule has 4 amide bonds. The van der Waals surface area contributed by atoms with Gasteiger partial charge in [0.15, 0.2) is 0 Å². The van der Waals surface area contributed by atoms with Crippen molar-refractivity contribution in [2.24, 2.45) is 5.92 Å². The molecule has 0 unspecified atom stereocenters. The number of anilines is 1. The number of nitrogens with zero attached hydrogens (tertiary/aromatic N) is 3. The number of halogens is 3. The predicted octanol–water partition coefficient (Wildman–Crippen LogP) is 5.66. The quantitative estimate of drug-likeness (QED) is 0.436. The highest BCUT2D eigenvalue weighted by Gasteiger charge is 2.42. The van der Waals surface area contributed by atoms with Gasteiger partial charge in [-0.3, -0.25) is 9.69 Å². The van der Waals surface area contributed by atoms with Gasteiger partial charge in [-0.1, -0.05) is 44.0 Å². The normalized spacial score (nSPS) is 23.1. The van der Waals surface area contributed by atoms with Gasteiger partial charge in [-0.25, -0.2) is 14.0 Å². The fourth-order valence-corrected chi connectivity index (χ4v) is 6.81. The largest absolute Gasteiger partial charge is 0.465 e. The van der Waals surface area contributed by atoms with E-state index in [0.29, 0.717) is 44.5 Å². The summed E-state index contributed by atoms with van der Waals surface area (Å²) < 4.78 is 15.4. The van der Waals surface area contributed by atoms with Gasteiger partial charge in [-0.15, -0.1) is 0 Å². The Balaban J connectivity index is 1.52. The van der Waals surface area contributed by atoms with Crippen molar-refractivity contribution in [3.63, 3.8) is 0 Å². The van der Waals surface area contributed by atoms with Crippen LogP contribution in [0.15, 0.2) is 51.4 Å². The smallest absolute Gasteiger partial charge is 0.404 e. The second-order valence-electron chi connectivity index (χ2n) is 10.0. The molecule has 0 bridgehead atoms. The summed E-state index contributed by atoms with van der Waals surface area (Å²) >= 11 is 6.93. The van der Waals surface area contributed by atoms with Gasteiger partial charge in [0.2, 0.25) is 5.91 Å². The average Bonchev–Trinajstić information content (AvgIpc) is 3.32. The number of nitrogens with one attached hydrogen (secondary N) is 1. The SMILES string of the molecule is CN(C(=O)N(C)[C@@H]1CN(C(=O)C2CCC(NC(=O)O)CC2)C[C@H]1c1ccc(F)cc1)c1cc(Br)cc(Br)c1. The lowest BCUT2D eigenvalue weighted by Gasteiger charge is -2.33. The van der Waals surface area contributed by atoms with Crippen molar-refractivity contribution >= 4 is 55.6 Å². The Kier molecular flexibility index (Phi) is 8.97. The van der Waals surface area contributed by atoms with E-state index in [-0.39, 0.29) is 41.7 Å². The highest BCUT2D eigenvalue weighted by Crippen LogP contribution is 2.35. The van der Waals surface area contributed by atoms with Crippen LogP contribution in [-0.4, -0.2) is 72.2 Å². The third kappa shape index (κ3) is 6.48. The van der Waals surface area contributed by atoms with Crippen molar-refractivity contribution < 1.29 is 23.9 Å². The fraction of sp³-hybridized carbons (Fsp3) is 0.444. The molecule has 0 aromatic heterocycles. The molecule has 2 atom stereocenters. The van der Waals surface area contributed by atoms with Crippen LogP contribution in [0.2, 0.25) is 0 Å². The molecule has 8 nitrogen and oxygen atoms in total. The second kappa shape index (κ2) is 12.0. The molecule has 1 heterocycles. The second-order valence-corrected chi connectivity index (χ2v) is 11.9. The first-order valence-corrected chi connectivity index (χ1v) is 14.1. The topological polar surface area (TPSA) is 93.2 Å². The Bertz CT molecular complexity index is 1170. The number of rotatable bonds is 5. The summed E-state index contributed by atoms with van der Waals surface area (Å²) in [6, 6.07) is 11.2.